The first kappa shape index (κ1) is 14.0. The lowest BCUT2D eigenvalue weighted by Gasteiger charge is -2.07. The number of rotatable bonds is 5. The minimum atomic E-state index is -0.277. The topological polar surface area (TPSA) is 102 Å². The van der Waals surface area contributed by atoms with E-state index in [1.54, 1.807) is 11.6 Å². The van der Waals surface area contributed by atoms with Crippen molar-refractivity contribution in [2.45, 2.75) is 27.3 Å². The SMILES string of the molecule is CCn1nc(C)c(N)c1C(=O)NCCNC(C)=O. The number of carbonyl (C=O) groups excluding carboxylic acids is 2. The van der Waals surface area contributed by atoms with E-state index in [-0.39, 0.29) is 11.8 Å². The summed E-state index contributed by atoms with van der Waals surface area (Å²) in [4.78, 5) is 22.6. The highest BCUT2D eigenvalue weighted by Crippen LogP contribution is 2.15. The zero-order chi connectivity index (χ0) is 13.7. The molecule has 0 atom stereocenters. The maximum atomic E-state index is 11.9. The van der Waals surface area contributed by atoms with Crippen LogP contribution < -0.4 is 16.4 Å². The Hall–Kier alpha value is -2.05. The van der Waals surface area contributed by atoms with E-state index in [0.29, 0.717) is 36.7 Å². The van der Waals surface area contributed by atoms with Crippen molar-refractivity contribution in [3.63, 3.8) is 0 Å². The van der Waals surface area contributed by atoms with E-state index in [9.17, 15) is 9.59 Å². The third-order valence-corrected chi connectivity index (χ3v) is 2.47. The molecule has 0 unspecified atom stereocenters. The molecule has 7 heteroatoms. The number of carbonyl (C=O) groups is 2. The van der Waals surface area contributed by atoms with Crippen LogP contribution in [0.2, 0.25) is 0 Å². The molecule has 0 aliphatic carbocycles. The average Bonchev–Trinajstić information content (AvgIpc) is 2.60. The Morgan fingerprint density at radius 2 is 1.94 bits per heavy atom. The molecule has 0 saturated carbocycles. The lowest BCUT2D eigenvalue weighted by Crippen LogP contribution is -2.34. The molecule has 2 amide bonds. The molecule has 18 heavy (non-hydrogen) atoms. The molecule has 7 nitrogen and oxygen atoms in total. The maximum absolute atomic E-state index is 11.9. The van der Waals surface area contributed by atoms with Crippen LogP contribution in [0.1, 0.15) is 30.0 Å². The van der Waals surface area contributed by atoms with Gasteiger partial charge in [0, 0.05) is 26.6 Å². The number of hydrogen-bond acceptors (Lipinski definition) is 4. The molecule has 1 rings (SSSR count). The van der Waals surface area contributed by atoms with Gasteiger partial charge in [0.1, 0.15) is 5.69 Å². The average molecular weight is 253 g/mol. The number of nitrogens with zero attached hydrogens (tertiary/aromatic N) is 2. The third kappa shape index (κ3) is 3.22. The zero-order valence-electron chi connectivity index (χ0n) is 10.9. The van der Waals surface area contributed by atoms with Gasteiger partial charge in [-0.15, -0.1) is 0 Å². The lowest BCUT2D eigenvalue weighted by molar-refractivity contribution is -0.118. The molecule has 1 aromatic heterocycles. The molecular weight excluding hydrogens is 234 g/mol. The van der Waals surface area contributed by atoms with Crippen molar-refractivity contribution >= 4 is 17.5 Å². The second kappa shape index (κ2) is 6.04. The Bertz CT molecular complexity index is 453. The Labute approximate surface area is 106 Å². The van der Waals surface area contributed by atoms with E-state index in [1.807, 2.05) is 6.92 Å². The van der Waals surface area contributed by atoms with Gasteiger partial charge in [0.05, 0.1) is 11.4 Å². The summed E-state index contributed by atoms with van der Waals surface area (Å²) in [5.41, 5.74) is 7.23. The van der Waals surface area contributed by atoms with Crippen LogP contribution in [0.5, 0.6) is 0 Å². The summed E-state index contributed by atoms with van der Waals surface area (Å²) in [5.74, 6) is -0.404. The molecular formula is C11H19N5O2. The predicted octanol–water partition coefficient (Wildman–Crippen LogP) is -0.340. The van der Waals surface area contributed by atoms with Gasteiger partial charge in [0.2, 0.25) is 5.91 Å². The van der Waals surface area contributed by atoms with Gasteiger partial charge >= 0.3 is 0 Å². The van der Waals surface area contributed by atoms with Crippen molar-refractivity contribution in [3.05, 3.63) is 11.4 Å². The Morgan fingerprint density at radius 1 is 1.33 bits per heavy atom. The van der Waals surface area contributed by atoms with Gasteiger partial charge < -0.3 is 16.4 Å². The Morgan fingerprint density at radius 3 is 2.50 bits per heavy atom. The smallest absolute Gasteiger partial charge is 0.271 e. The predicted molar refractivity (Wildman–Crippen MR) is 68.1 cm³/mol. The molecule has 0 aliphatic heterocycles. The molecule has 1 heterocycles. The van der Waals surface area contributed by atoms with Crippen LogP contribution in [0.25, 0.3) is 0 Å². The van der Waals surface area contributed by atoms with Gasteiger partial charge in [-0.1, -0.05) is 0 Å². The number of nitrogens with two attached hydrogens (primary N) is 1. The molecule has 0 fully saturated rings. The summed E-state index contributed by atoms with van der Waals surface area (Å²) in [5, 5.41) is 9.45. The standard InChI is InChI=1S/C11H19N5O2/c1-4-16-10(9(12)7(2)15-16)11(18)14-6-5-13-8(3)17/h4-6,12H2,1-3H3,(H,13,17)(H,14,18). The molecule has 0 bridgehead atoms. The van der Waals surface area contributed by atoms with Crippen LogP contribution in [0.4, 0.5) is 5.69 Å². The van der Waals surface area contributed by atoms with Crippen LogP contribution >= 0.6 is 0 Å². The quantitative estimate of drug-likeness (QED) is 0.625. The number of nitrogens with one attached hydrogen (secondary N) is 2. The first-order valence-corrected chi connectivity index (χ1v) is 5.82. The fraction of sp³-hybridized carbons (Fsp3) is 0.545. The van der Waals surface area contributed by atoms with Crippen molar-refractivity contribution in [2.75, 3.05) is 18.8 Å². The van der Waals surface area contributed by atoms with Crippen LogP contribution in [-0.2, 0) is 11.3 Å². The van der Waals surface area contributed by atoms with Crippen LogP contribution in [0.3, 0.4) is 0 Å². The van der Waals surface area contributed by atoms with Crippen LogP contribution in [0, 0.1) is 6.92 Å². The zero-order valence-corrected chi connectivity index (χ0v) is 10.9. The van der Waals surface area contributed by atoms with Gasteiger partial charge in [0.15, 0.2) is 0 Å². The van der Waals surface area contributed by atoms with Crippen molar-refractivity contribution in [3.8, 4) is 0 Å². The van der Waals surface area contributed by atoms with Gasteiger partial charge in [0.25, 0.3) is 5.91 Å². The number of nitrogen functional groups attached to an aromatic ring is 1. The first-order valence-electron chi connectivity index (χ1n) is 5.82. The van der Waals surface area contributed by atoms with Crippen LogP contribution in [-0.4, -0.2) is 34.7 Å². The fourth-order valence-corrected chi connectivity index (χ4v) is 1.56. The minimum absolute atomic E-state index is 0.127. The highest BCUT2D eigenvalue weighted by atomic mass is 16.2. The van der Waals surface area contributed by atoms with Crippen molar-refractivity contribution in [2.24, 2.45) is 0 Å². The summed E-state index contributed by atoms with van der Waals surface area (Å²) >= 11 is 0. The normalized spacial score (nSPS) is 10.2. The Balaban J connectivity index is 2.64. The molecule has 0 radical (unpaired) electrons. The number of aryl methyl sites for hydroxylation is 2. The molecule has 0 aliphatic rings. The fourth-order valence-electron chi connectivity index (χ4n) is 1.56. The van der Waals surface area contributed by atoms with E-state index < -0.39 is 0 Å². The molecule has 100 valence electrons. The van der Waals surface area contributed by atoms with E-state index in [1.165, 1.54) is 6.92 Å². The minimum Gasteiger partial charge on any atom is -0.395 e. The number of hydrogen-bond donors (Lipinski definition) is 3. The maximum Gasteiger partial charge on any atom is 0.271 e. The van der Waals surface area contributed by atoms with Gasteiger partial charge in [-0.05, 0) is 13.8 Å². The summed E-state index contributed by atoms with van der Waals surface area (Å²) < 4.78 is 1.57. The largest absolute Gasteiger partial charge is 0.395 e. The van der Waals surface area contributed by atoms with Gasteiger partial charge in [-0.25, -0.2) is 0 Å². The molecule has 4 N–H and O–H groups in total. The van der Waals surface area contributed by atoms with Gasteiger partial charge in [-0.2, -0.15) is 5.10 Å². The highest BCUT2D eigenvalue weighted by molar-refractivity contribution is 5.98. The highest BCUT2D eigenvalue weighted by Gasteiger charge is 2.18. The number of anilines is 1. The Kier molecular flexibility index (Phi) is 4.70. The molecule has 0 saturated heterocycles. The molecule has 1 aromatic rings. The van der Waals surface area contributed by atoms with E-state index >= 15 is 0 Å². The summed E-state index contributed by atoms with van der Waals surface area (Å²) in [7, 11) is 0. The first-order chi connectivity index (χ1) is 8.47. The van der Waals surface area contributed by atoms with E-state index in [0.717, 1.165) is 0 Å². The third-order valence-electron chi connectivity index (χ3n) is 2.47. The second-order valence-corrected chi connectivity index (χ2v) is 3.90. The number of amides is 2. The number of aromatic nitrogens is 2. The molecule has 0 spiro atoms. The monoisotopic (exact) mass is 253 g/mol. The van der Waals surface area contributed by atoms with Crippen LogP contribution in [0.15, 0.2) is 0 Å². The summed E-state index contributed by atoms with van der Waals surface area (Å²) in [6.45, 7) is 6.39. The second-order valence-electron chi connectivity index (χ2n) is 3.90. The van der Waals surface area contributed by atoms with Crippen molar-refractivity contribution < 1.29 is 9.59 Å². The summed E-state index contributed by atoms with van der Waals surface area (Å²) in [6, 6.07) is 0. The van der Waals surface area contributed by atoms with Crippen molar-refractivity contribution in [1.82, 2.24) is 20.4 Å². The van der Waals surface area contributed by atoms with E-state index in [4.69, 9.17) is 5.73 Å². The van der Waals surface area contributed by atoms with Crippen molar-refractivity contribution in [1.29, 1.82) is 0 Å². The van der Waals surface area contributed by atoms with Gasteiger partial charge in [-0.3, -0.25) is 14.3 Å². The lowest BCUT2D eigenvalue weighted by atomic mass is 10.3. The summed E-state index contributed by atoms with van der Waals surface area (Å²) in [6.07, 6.45) is 0. The van der Waals surface area contributed by atoms with E-state index in [2.05, 4.69) is 15.7 Å². The molecule has 0 aromatic carbocycles.